The lowest BCUT2D eigenvalue weighted by atomic mass is 9.85. The van der Waals surface area contributed by atoms with Crippen LogP contribution in [-0.4, -0.2) is 42.6 Å². The summed E-state index contributed by atoms with van der Waals surface area (Å²) in [6, 6.07) is 0. The normalized spacial score (nSPS) is 28.1. The topological polar surface area (TPSA) is 74.7 Å². The summed E-state index contributed by atoms with van der Waals surface area (Å²) in [4.78, 5) is 11.1. The maximum Gasteiger partial charge on any atom is 0.311 e. The fourth-order valence-corrected chi connectivity index (χ4v) is 3.05. The van der Waals surface area contributed by atoms with Crippen LogP contribution in [0, 0.1) is 5.41 Å². The van der Waals surface area contributed by atoms with Gasteiger partial charge in [-0.15, -0.1) is 0 Å². The molecule has 0 aromatic carbocycles. The maximum atomic E-state index is 11.6. The van der Waals surface area contributed by atoms with Gasteiger partial charge in [-0.3, -0.25) is 4.79 Å². The average molecular weight is 235 g/mol. The maximum absolute atomic E-state index is 11.6. The molecule has 88 valence electrons. The zero-order valence-corrected chi connectivity index (χ0v) is 9.88. The van der Waals surface area contributed by atoms with Crippen LogP contribution < -0.4 is 0 Å². The summed E-state index contributed by atoms with van der Waals surface area (Å²) in [5.74, 6) is -0.856. The van der Waals surface area contributed by atoms with Gasteiger partial charge < -0.3 is 5.11 Å². The number of hydrogen-bond donors (Lipinski definition) is 1. The first kappa shape index (κ1) is 12.4. The smallest absolute Gasteiger partial charge is 0.311 e. The second kappa shape index (κ2) is 4.09. The van der Waals surface area contributed by atoms with Crippen molar-refractivity contribution in [3.63, 3.8) is 0 Å². The molecule has 1 aliphatic heterocycles. The number of carboxylic acid groups (broad SMARTS) is 1. The van der Waals surface area contributed by atoms with E-state index in [4.69, 9.17) is 5.11 Å². The molecule has 1 heterocycles. The van der Waals surface area contributed by atoms with Gasteiger partial charge in [-0.2, -0.15) is 0 Å². The summed E-state index contributed by atoms with van der Waals surface area (Å²) in [5.41, 5.74) is -0.873. The van der Waals surface area contributed by atoms with E-state index in [1.54, 1.807) is 13.8 Å². The molecule has 1 N–H and O–H groups in total. The van der Waals surface area contributed by atoms with Gasteiger partial charge in [-0.05, 0) is 19.8 Å². The fraction of sp³-hybridized carbons (Fsp3) is 0.889. The molecule has 1 atom stereocenters. The molecule has 0 spiro atoms. The van der Waals surface area contributed by atoms with E-state index in [1.807, 2.05) is 0 Å². The predicted molar refractivity (Wildman–Crippen MR) is 56.0 cm³/mol. The second-order valence-corrected chi connectivity index (χ2v) is 6.18. The van der Waals surface area contributed by atoms with Gasteiger partial charge in [-0.25, -0.2) is 12.7 Å². The first-order valence-electron chi connectivity index (χ1n) is 5.09. The highest BCUT2D eigenvalue weighted by Gasteiger charge is 2.46. The van der Waals surface area contributed by atoms with E-state index >= 15 is 0 Å². The van der Waals surface area contributed by atoms with Crippen molar-refractivity contribution in [3.8, 4) is 0 Å². The Kier molecular flexibility index (Phi) is 3.40. The predicted octanol–water partition coefficient (Wildman–Crippen LogP) is 0.523. The molecular weight excluding hydrogens is 218 g/mol. The summed E-state index contributed by atoms with van der Waals surface area (Å²) in [5, 5.41) is 9.10. The quantitative estimate of drug-likeness (QED) is 0.771. The monoisotopic (exact) mass is 235 g/mol. The molecular formula is C9H17NO4S. The van der Waals surface area contributed by atoms with Crippen LogP contribution in [0.15, 0.2) is 0 Å². The zero-order valence-electron chi connectivity index (χ0n) is 9.06. The number of rotatable bonds is 4. The van der Waals surface area contributed by atoms with Crippen molar-refractivity contribution in [2.75, 3.05) is 18.8 Å². The highest BCUT2D eigenvalue weighted by Crippen LogP contribution is 2.35. The highest BCUT2D eigenvalue weighted by atomic mass is 32.2. The van der Waals surface area contributed by atoms with Gasteiger partial charge in [0.1, 0.15) is 0 Å². The van der Waals surface area contributed by atoms with Gasteiger partial charge in [0.25, 0.3) is 0 Å². The molecule has 0 aromatic rings. The second-order valence-electron chi connectivity index (χ2n) is 3.92. The number of carboxylic acids is 1. The number of nitrogens with zero attached hydrogens (tertiary/aromatic N) is 1. The minimum Gasteiger partial charge on any atom is -0.481 e. The van der Waals surface area contributed by atoms with Crippen LogP contribution >= 0.6 is 0 Å². The van der Waals surface area contributed by atoms with E-state index < -0.39 is 21.4 Å². The third kappa shape index (κ3) is 2.15. The van der Waals surface area contributed by atoms with Crippen molar-refractivity contribution in [2.45, 2.75) is 26.7 Å². The van der Waals surface area contributed by atoms with E-state index in [-0.39, 0.29) is 12.3 Å². The van der Waals surface area contributed by atoms with Crippen LogP contribution in [0.2, 0.25) is 0 Å². The van der Waals surface area contributed by atoms with E-state index in [2.05, 4.69) is 0 Å². The highest BCUT2D eigenvalue weighted by molar-refractivity contribution is 7.89. The molecule has 0 saturated carbocycles. The van der Waals surface area contributed by atoms with E-state index in [0.717, 1.165) is 0 Å². The van der Waals surface area contributed by atoms with Gasteiger partial charge in [0, 0.05) is 13.1 Å². The Morgan fingerprint density at radius 3 is 2.40 bits per heavy atom. The molecule has 1 rings (SSSR count). The summed E-state index contributed by atoms with van der Waals surface area (Å²) in [7, 11) is -3.24. The molecule has 5 nitrogen and oxygen atoms in total. The van der Waals surface area contributed by atoms with Crippen molar-refractivity contribution in [1.29, 1.82) is 0 Å². The summed E-state index contributed by atoms with van der Waals surface area (Å²) in [6.45, 7) is 3.81. The van der Waals surface area contributed by atoms with Crippen LogP contribution in [0.5, 0.6) is 0 Å². The summed E-state index contributed by atoms with van der Waals surface area (Å²) < 4.78 is 24.4. The lowest BCUT2D eigenvalue weighted by molar-refractivity contribution is -0.148. The zero-order chi connectivity index (χ0) is 11.7. The third-order valence-electron chi connectivity index (χ3n) is 3.21. The molecule has 1 aliphatic rings. The van der Waals surface area contributed by atoms with Gasteiger partial charge >= 0.3 is 5.97 Å². The van der Waals surface area contributed by atoms with Crippen LogP contribution in [-0.2, 0) is 14.8 Å². The van der Waals surface area contributed by atoms with Gasteiger partial charge in [-0.1, -0.05) is 6.92 Å². The van der Waals surface area contributed by atoms with Crippen LogP contribution in [0.4, 0.5) is 0 Å². The number of hydrogen-bond acceptors (Lipinski definition) is 3. The molecule has 1 saturated heterocycles. The average Bonchev–Trinajstić information content (AvgIpc) is 2.63. The van der Waals surface area contributed by atoms with Crippen molar-refractivity contribution in [1.82, 2.24) is 4.31 Å². The summed E-state index contributed by atoms with van der Waals surface area (Å²) >= 11 is 0. The van der Waals surface area contributed by atoms with Crippen LogP contribution in [0.25, 0.3) is 0 Å². The third-order valence-corrected chi connectivity index (χ3v) is 5.04. The molecule has 1 unspecified atom stereocenters. The minimum absolute atomic E-state index is 0.0341. The molecule has 0 amide bonds. The molecule has 0 bridgehead atoms. The van der Waals surface area contributed by atoms with Crippen LogP contribution in [0.1, 0.15) is 26.7 Å². The largest absolute Gasteiger partial charge is 0.481 e. The molecule has 6 heteroatoms. The van der Waals surface area contributed by atoms with Crippen molar-refractivity contribution in [2.24, 2.45) is 5.41 Å². The minimum atomic E-state index is -3.24. The Bertz CT molecular complexity index is 351. The lowest BCUT2D eigenvalue weighted by Crippen LogP contribution is -2.37. The van der Waals surface area contributed by atoms with Gasteiger partial charge in [0.2, 0.25) is 10.0 Å². The van der Waals surface area contributed by atoms with E-state index in [1.165, 1.54) is 4.31 Å². The van der Waals surface area contributed by atoms with Crippen molar-refractivity contribution >= 4 is 16.0 Å². The molecule has 1 fully saturated rings. The first-order chi connectivity index (χ1) is 6.88. The first-order valence-corrected chi connectivity index (χ1v) is 6.70. The standard InChI is InChI=1S/C9H17NO4S/c1-3-9(8(11)12)5-6-10(7-9)15(13,14)4-2/h3-7H2,1-2H3,(H,11,12). The molecule has 15 heavy (non-hydrogen) atoms. The molecule has 0 radical (unpaired) electrons. The van der Waals surface area contributed by atoms with E-state index in [0.29, 0.717) is 19.4 Å². The Hall–Kier alpha value is -0.620. The Labute approximate surface area is 90.1 Å². The van der Waals surface area contributed by atoms with Gasteiger partial charge in [0.05, 0.1) is 11.2 Å². The van der Waals surface area contributed by atoms with Gasteiger partial charge in [0.15, 0.2) is 0 Å². The SMILES string of the molecule is CCC1(C(=O)O)CCN(S(=O)(=O)CC)C1. The molecule has 0 aromatic heterocycles. The Balaban J connectivity index is 2.87. The Morgan fingerprint density at radius 2 is 2.07 bits per heavy atom. The van der Waals surface area contributed by atoms with E-state index in [9.17, 15) is 13.2 Å². The fourth-order valence-electron chi connectivity index (χ4n) is 1.87. The van der Waals surface area contributed by atoms with Crippen molar-refractivity contribution in [3.05, 3.63) is 0 Å². The van der Waals surface area contributed by atoms with Crippen LogP contribution in [0.3, 0.4) is 0 Å². The molecule has 0 aliphatic carbocycles. The summed E-state index contributed by atoms with van der Waals surface area (Å²) in [6.07, 6.45) is 0.885. The number of aliphatic carboxylic acids is 1. The number of carbonyl (C=O) groups is 1. The lowest BCUT2D eigenvalue weighted by Gasteiger charge is -2.22. The van der Waals surface area contributed by atoms with Crippen molar-refractivity contribution < 1.29 is 18.3 Å². The number of sulfonamides is 1. The Morgan fingerprint density at radius 1 is 1.47 bits per heavy atom.